The fraction of sp³-hybridized carbons (Fsp3) is 0.125. The van der Waals surface area contributed by atoms with Gasteiger partial charge in [-0.25, -0.2) is 0 Å². The number of furan rings is 1. The lowest BCUT2D eigenvalue weighted by molar-refractivity contribution is 0.602. The minimum atomic E-state index is 0.813. The molecule has 0 spiro atoms. The van der Waals surface area contributed by atoms with Gasteiger partial charge in [-0.2, -0.15) is 0 Å². The molecule has 0 saturated carbocycles. The van der Waals surface area contributed by atoms with Gasteiger partial charge in [-0.15, -0.1) is 0 Å². The molecule has 0 saturated heterocycles. The Bertz CT molecular complexity index is 673. The van der Waals surface area contributed by atoms with E-state index in [0.29, 0.717) is 0 Å². The molecule has 1 N–H and O–H groups in total. The third kappa shape index (κ3) is 2.88. The van der Waals surface area contributed by atoms with Gasteiger partial charge in [0.1, 0.15) is 5.58 Å². The zero-order chi connectivity index (χ0) is 13.1. The van der Waals surface area contributed by atoms with Gasteiger partial charge < -0.3 is 9.73 Å². The van der Waals surface area contributed by atoms with Crippen LogP contribution < -0.4 is 5.32 Å². The average molecular weight is 316 g/mol. The minimum absolute atomic E-state index is 0.813. The van der Waals surface area contributed by atoms with Gasteiger partial charge in [-0.05, 0) is 23.8 Å². The van der Waals surface area contributed by atoms with Crippen molar-refractivity contribution < 1.29 is 4.42 Å². The van der Waals surface area contributed by atoms with Crippen LogP contribution in [-0.2, 0) is 13.1 Å². The predicted molar refractivity (Wildman–Crippen MR) is 80.9 cm³/mol. The molecule has 0 radical (unpaired) electrons. The predicted octanol–water partition coefficient (Wildman–Crippen LogP) is 4.49. The van der Waals surface area contributed by atoms with E-state index in [1.165, 1.54) is 16.5 Å². The zero-order valence-electron chi connectivity index (χ0n) is 10.4. The molecule has 3 aromatic rings. The van der Waals surface area contributed by atoms with E-state index in [0.717, 1.165) is 23.1 Å². The van der Waals surface area contributed by atoms with Crippen molar-refractivity contribution in [2.75, 3.05) is 0 Å². The number of hydrogen-bond donors (Lipinski definition) is 1. The van der Waals surface area contributed by atoms with E-state index in [4.69, 9.17) is 4.42 Å². The van der Waals surface area contributed by atoms with Crippen LogP contribution in [0.2, 0.25) is 0 Å². The molecule has 2 nitrogen and oxygen atoms in total. The number of halogens is 1. The normalized spacial score (nSPS) is 11.0. The summed E-state index contributed by atoms with van der Waals surface area (Å²) in [5.74, 6) is 0. The molecule has 0 aliphatic heterocycles. The van der Waals surface area contributed by atoms with E-state index in [2.05, 4.69) is 51.6 Å². The van der Waals surface area contributed by atoms with Crippen LogP contribution in [0.25, 0.3) is 11.0 Å². The van der Waals surface area contributed by atoms with Crippen molar-refractivity contribution >= 4 is 26.9 Å². The summed E-state index contributed by atoms with van der Waals surface area (Å²) in [6.45, 7) is 1.67. The van der Waals surface area contributed by atoms with Gasteiger partial charge in [0.15, 0.2) is 0 Å². The van der Waals surface area contributed by atoms with Crippen LogP contribution in [-0.4, -0.2) is 0 Å². The Hall–Kier alpha value is -1.58. The maximum Gasteiger partial charge on any atom is 0.134 e. The second-order valence-electron chi connectivity index (χ2n) is 4.49. The van der Waals surface area contributed by atoms with Crippen molar-refractivity contribution in [3.63, 3.8) is 0 Å². The second-order valence-corrected chi connectivity index (χ2v) is 5.40. The first-order chi connectivity index (χ1) is 9.33. The van der Waals surface area contributed by atoms with E-state index >= 15 is 0 Å². The van der Waals surface area contributed by atoms with Crippen molar-refractivity contribution in [1.82, 2.24) is 5.32 Å². The maximum atomic E-state index is 5.52. The van der Waals surface area contributed by atoms with E-state index in [9.17, 15) is 0 Å². The molecule has 0 fully saturated rings. The van der Waals surface area contributed by atoms with Crippen molar-refractivity contribution in [3.8, 4) is 0 Å². The summed E-state index contributed by atoms with van der Waals surface area (Å²) in [5.41, 5.74) is 3.42. The summed E-state index contributed by atoms with van der Waals surface area (Å²) in [4.78, 5) is 0. The number of fused-ring (bicyclic) bond motifs is 1. The number of nitrogens with one attached hydrogen (secondary N) is 1. The van der Waals surface area contributed by atoms with Gasteiger partial charge in [0.25, 0.3) is 0 Å². The highest BCUT2D eigenvalue weighted by molar-refractivity contribution is 9.10. The van der Waals surface area contributed by atoms with E-state index in [-0.39, 0.29) is 0 Å². The van der Waals surface area contributed by atoms with Crippen molar-refractivity contribution in [2.24, 2.45) is 0 Å². The first-order valence-corrected chi connectivity index (χ1v) is 7.02. The Morgan fingerprint density at radius 2 is 1.74 bits per heavy atom. The molecule has 3 rings (SSSR count). The van der Waals surface area contributed by atoms with Crippen LogP contribution in [0.3, 0.4) is 0 Å². The first-order valence-electron chi connectivity index (χ1n) is 6.23. The molecule has 0 atom stereocenters. The molecule has 96 valence electrons. The fourth-order valence-electron chi connectivity index (χ4n) is 2.11. The van der Waals surface area contributed by atoms with Gasteiger partial charge in [0, 0.05) is 28.5 Å². The lowest BCUT2D eigenvalue weighted by Gasteiger charge is -2.04. The van der Waals surface area contributed by atoms with Gasteiger partial charge in [0.2, 0.25) is 0 Å². The molecular weight excluding hydrogens is 302 g/mol. The van der Waals surface area contributed by atoms with Crippen molar-refractivity contribution in [2.45, 2.75) is 13.1 Å². The highest BCUT2D eigenvalue weighted by atomic mass is 79.9. The molecule has 0 unspecified atom stereocenters. The van der Waals surface area contributed by atoms with Gasteiger partial charge >= 0.3 is 0 Å². The first kappa shape index (κ1) is 12.5. The summed E-state index contributed by atoms with van der Waals surface area (Å²) < 4.78 is 6.63. The zero-order valence-corrected chi connectivity index (χ0v) is 12.0. The molecule has 0 aliphatic carbocycles. The Labute approximate surface area is 120 Å². The van der Waals surface area contributed by atoms with Gasteiger partial charge in [0.05, 0.1) is 6.26 Å². The lowest BCUT2D eigenvalue weighted by Crippen LogP contribution is -2.12. The Morgan fingerprint density at radius 1 is 0.947 bits per heavy atom. The SMILES string of the molecule is Brc1ccc(CNCc2coc3ccccc23)cc1. The summed E-state index contributed by atoms with van der Waals surface area (Å²) in [7, 11) is 0. The minimum Gasteiger partial charge on any atom is -0.464 e. The number of para-hydroxylation sites is 1. The third-order valence-corrected chi connectivity index (χ3v) is 3.65. The Kier molecular flexibility index (Phi) is 3.67. The lowest BCUT2D eigenvalue weighted by atomic mass is 10.1. The molecular formula is C16H14BrNO. The highest BCUT2D eigenvalue weighted by Gasteiger charge is 2.04. The van der Waals surface area contributed by atoms with Crippen LogP contribution in [0.1, 0.15) is 11.1 Å². The summed E-state index contributed by atoms with van der Waals surface area (Å²) in [6, 6.07) is 16.5. The van der Waals surface area contributed by atoms with E-state index in [1.807, 2.05) is 24.5 Å². The molecule has 3 heteroatoms. The molecule has 2 aromatic carbocycles. The quantitative estimate of drug-likeness (QED) is 0.767. The van der Waals surface area contributed by atoms with Crippen LogP contribution in [0.15, 0.2) is 63.7 Å². The Morgan fingerprint density at radius 3 is 2.58 bits per heavy atom. The summed E-state index contributed by atoms with van der Waals surface area (Å²) in [6.07, 6.45) is 1.83. The van der Waals surface area contributed by atoms with Crippen molar-refractivity contribution in [3.05, 3.63) is 70.4 Å². The van der Waals surface area contributed by atoms with E-state index in [1.54, 1.807) is 0 Å². The van der Waals surface area contributed by atoms with Crippen LogP contribution in [0.5, 0.6) is 0 Å². The molecule has 1 aromatic heterocycles. The van der Waals surface area contributed by atoms with Crippen LogP contribution in [0, 0.1) is 0 Å². The molecule has 0 amide bonds. The number of hydrogen-bond acceptors (Lipinski definition) is 2. The summed E-state index contributed by atoms with van der Waals surface area (Å²) in [5, 5.41) is 4.63. The fourth-order valence-corrected chi connectivity index (χ4v) is 2.38. The topological polar surface area (TPSA) is 25.2 Å². The molecule has 0 bridgehead atoms. The second kappa shape index (κ2) is 5.59. The highest BCUT2D eigenvalue weighted by Crippen LogP contribution is 2.20. The maximum absolute atomic E-state index is 5.52. The monoisotopic (exact) mass is 315 g/mol. The Balaban J connectivity index is 1.65. The molecule has 0 aliphatic rings. The van der Waals surface area contributed by atoms with Gasteiger partial charge in [-0.1, -0.05) is 46.3 Å². The standard InChI is InChI=1S/C16H14BrNO/c17-14-7-5-12(6-8-14)9-18-10-13-11-19-16-4-2-1-3-15(13)16/h1-8,11,18H,9-10H2. The molecule has 19 heavy (non-hydrogen) atoms. The van der Waals surface area contributed by atoms with Crippen LogP contribution in [0.4, 0.5) is 0 Å². The largest absolute Gasteiger partial charge is 0.464 e. The van der Waals surface area contributed by atoms with Crippen LogP contribution >= 0.6 is 15.9 Å². The third-order valence-electron chi connectivity index (χ3n) is 3.12. The van der Waals surface area contributed by atoms with Crippen molar-refractivity contribution in [1.29, 1.82) is 0 Å². The molecule has 1 heterocycles. The smallest absolute Gasteiger partial charge is 0.134 e. The number of benzene rings is 2. The van der Waals surface area contributed by atoms with Gasteiger partial charge in [-0.3, -0.25) is 0 Å². The summed E-state index contributed by atoms with van der Waals surface area (Å²) >= 11 is 3.44. The number of rotatable bonds is 4. The average Bonchev–Trinajstić information content (AvgIpc) is 2.85. The van der Waals surface area contributed by atoms with E-state index < -0.39 is 0 Å².